The first-order valence-corrected chi connectivity index (χ1v) is 8.51. The Labute approximate surface area is 144 Å². The van der Waals surface area contributed by atoms with Crippen molar-refractivity contribution in [3.63, 3.8) is 0 Å². The van der Waals surface area contributed by atoms with Gasteiger partial charge in [-0.15, -0.1) is 0 Å². The van der Waals surface area contributed by atoms with Gasteiger partial charge in [0.1, 0.15) is 0 Å². The summed E-state index contributed by atoms with van der Waals surface area (Å²) in [5.74, 6) is 0.541. The number of piperazine rings is 1. The van der Waals surface area contributed by atoms with Gasteiger partial charge in [0.2, 0.25) is 5.91 Å². The molecule has 1 heterocycles. The van der Waals surface area contributed by atoms with Gasteiger partial charge in [-0.2, -0.15) is 0 Å². The third-order valence-electron chi connectivity index (χ3n) is 3.86. The normalized spacial score (nSPS) is 16.2. The van der Waals surface area contributed by atoms with Crippen LogP contribution in [0.15, 0.2) is 35.3 Å². The van der Waals surface area contributed by atoms with Crippen LogP contribution in [0.5, 0.6) is 0 Å². The molecule has 0 radical (unpaired) electrons. The molecule has 6 heteroatoms. The van der Waals surface area contributed by atoms with Gasteiger partial charge in [-0.3, -0.25) is 9.79 Å². The molecule has 0 atom stereocenters. The topological polar surface area (TPSA) is 74.0 Å². The zero-order chi connectivity index (χ0) is 17.6. The van der Waals surface area contributed by atoms with Crippen molar-refractivity contribution in [2.45, 2.75) is 32.7 Å². The van der Waals surface area contributed by atoms with Crippen molar-refractivity contribution in [2.24, 2.45) is 10.7 Å². The van der Waals surface area contributed by atoms with Crippen molar-refractivity contribution >= 4 is 17.6 Å². The predicted octanol–water partition coefficient (Wildman–Crippen LogP) is 1.43. The Morgan fingerprint density at radius 3 is 2.38 bits per heavy atom. The first-order chi connectivity index (χ1) is 11.3. The summed E-state index contributed by atoms with van der Waals surface area (Å²) in [7, 11) is 0. The van der Waals surface area contributed by atoms with Crippen LogP contribution in [0.1, 0.15) is 27.2 Å². The van der Waals surface area contributed by atoms with Gasteiger partial charge in [0.15, 0.2) is 5.96 Å². The molecule has 1 aromatic carbocycles. The number of para-hydroxylation sites is 1. The second kappa shape index (κ2) is 8.04. The van der Waals surface area contributed by atoms with Crippen LogP contribution in [0.3, 0.4) is 0 Å². The number of carbonyl (C=O) groups excluding carboxylic acids is 1. The van der Waals surface area contributed by atoms with E-state index in [4.69, 9.17) is 5.73 Å². The number of anilines is 1. The van der Waals surface area contributed by atoms with E-state index >= 15 is 0 Å². The minimum atomic E-state index is -0.120. The van der Waals surface area contributed by atoms with Crippen LogP contribution in [0.2, 0.25) is 0 Å². The molecule has 24 heavy (non-hydrogen) atoms. The number of nitrogens with one attached hydrogen (secondary N) is 1. The quantitative estimate of drug-likeness (QED) is 0.646. The van der Waals surface area contributed by atoms with E-state index in [2.05, 4.69) is 27.3 Å². The van der Waals surface area contributed by atoms with Gasteiger partial charge >= 0.3 is 0 Å². The fraction of sp³-hybridized carbons (Fsp3) is 0.556. The summed E-state index contributed by atoms with van der Waals surface area (Å²) in [6.07, 6.45) is 0.401. The molecule has 3 N–H and O–H groups in total. The molecule has 1 aromatic rings. The molecule has 1 saturated heterocycles. The first kappa shape index (κ1) is 18.1. The van der Waals surface area contributed by atoms with Crippen molar-refractivity contribution in [3.05, 3.63) is 30.3 Å². The number of guanidine groups is 1. The zero-order valence-electron chi connectivity index (χ0n) is 15.0. The maximum Gasteiger partial charge on any atom is 0.224 e. The molecule has 1 amide bonds. The van der Waals surface area contributed by atoms with Crippen molar-refractivity contribution in [2.75, 3.05) is 37.6 Å². The Morgan fingerprint density at radius 1 is 1.17 bits per heavy atom. The molecule has 1 aliphatic rings. The van der Waals surface area contributed by atoms with E-state index < -0.39 is 0 Å². The molecule has 2 rings (SSSR count). The summed E-state index contributed by atoms with van der Waals surface area (Å²) in [4.78, 5) is 20.7. The van der Waals surface area contributed by atoms with E-state index in [-0.39, 0.29) is 11.4 Å². The van der Waals surface area contributed by atoms with E-state index in [0.717, 1.165) is 26.2 Å². The van der Waals surface area contributed by atoms with Gasteiger partial charge in [0, 0.05) is 43.8 Å². The number of carbonyl (C=O) groups is 1. The maximum absolute atomic E-state index is 12.3. The lowest BCUT2D eigenvalue weighted by Gasteiger charge is -2.36. The van der Waals surface area contributed by atoms with Gasteiger partial charge in [-0.05, 0) is 32.9 Å². The lowest BCUT2D eigenvalue weighted by atomic mass is 10.1. The van der Waals surface area contributed by atoms with Crippen molar-refractivity contribution < 1.29 is 4.79 Å². The Hall–Kier alpha value is -2.24. The Morgan fingerprint density at radius 2 is 1.79 bits per heavy atom. The molecular formula is C18H29N5O. The molecule has 1 fully saturated rings. The first-order valence-electron chi connectivity index (χ1n) is 8.51. The van der Waals surface area contributed by atoms with Gasteiger partial charge < -0.3 is 20.9 Å². The Balaban J connectivity index is 1.74. The summed E-state index contributed by atoms with van der Waals surface area (Å²) in [6, 6.07) is 10.3. The summed E-state index contributed by atoms with van der Waals surface area (Å²) < 4.78 is 0. The molecule has 132 valence electrons. The lowest BCUT2D eigenvalue weighted by Crippen LogP contribution is -2.49. The van der Waals surface area contributed by atoms with Gasteiger partial charge in [-0.25, -0.2) is 0 Å². The zero-order valence-corrected chi connectivity index (χ0v) is 15.0. The fourth-order valence-corrected chi connectivity index (χ4v) is 2.71. The second-order valence-corrected chi connectivity index (χ2v) is 7.10. The number of nitrogens with zero attached hydrogens (tertiary/aromatic N) is 3. The standard InChI is InChI=1S/C18H29N5O/c1-18(2,3)21-17(19)20-10-9-16(24)23-13-11-22(12-14-23)15-7-5-4-6-8-15/h4-8H,9-14H2,1-3H3,(H3,19,20,21). The van der Waals surface area contributed by atoms with Crippen molar-refractivity contribution in [3.8, 4) is 0 Å². The van der Waals surface area contributed by atoms with Gasteiger partial charge in [0.05, 0.1) is 6.54 Å². The minimum absolute atomic E-state index is 0.120. The number of rotatable bonds is 4. The molecule has 0 aliphatic carbocycles. The van der Waals surface area contributed by atoms with Crippen LogP contribution in [-0.4, -0.2) is 55.0 Å². The molecule has 0 aromatic heterocycles. The average Bonchev–Trinajstić information content (AvgIpc) is 2.54. The highest BCUT2D eigenvalue weighted by Crippen LogP contribution is 2.15. The summed E-state index contributed by atoms with van der Waals surface area (Å²) in [5, 5.41) is 3.09. The molecule has 0 spiro atoms. The van der Waals surface area contributed by atoms with Gasteiger partial charge in [0.25, 0.3) is 0 Å². The number of nitrogens with two attached hydrogens (primary N) is 1. The van der Waals surface area contributed by atoms with Crippen molar-refractivity contribution in [1.29, 1.82) is 0 Å². The Bertz CT molecular complexity index is 557. The molecule has 6 nitrogen and oxygen atoms in total. The molecule has 0 unspecified atom stereocenters. The van der Waals surface area contributed by atoms with E-state index in [1.807, 2.05) is 43.9 Å². The van der Waals surface area contributed by atoms with Crippen LogP contribution in [0.4, 0.5) is 5.69 Å². The number of benzene rings is 1. The molecule has 0 bridgehead atoms. The van der Waals surface area contributed by atoms with Crippen molar-refractivity contribution in [1.82, 2.24) is 10.2 Å². The summed E-state index contributed by atoms with van der Waals surface area (Å²) in [5.41, 5.74) is 6.91. The van der Waals surface area contributed by atoms with E-state index in [1.165, 1.54) is 5.69 Å². The lowest BCUT2D eigenvalue weighted by molar-refractivity contribution is -0.131. The second-order valence-electron chi connectivity index (χ2n) is 7.10. The fourth-order valence-electron chi connectivity index (χ4n) is 2.71. The van der Waals surface area contributed by atoms with Gasteiger partial charge in [-0.1, -0.05) is 18.2 Å². The molecule has 0 saturated carbocycles. The average molecular weight is 331 g/mol. The summed E-state index contributed by atoms with van der Waals surface area (Å²) in [6.45, 7) is 9.73. The number of hydrogen-bond acceptors (Lipinski definition) is 3. The third-order valence-corrected chi connectivity index (χ3v) is 3.86. The number of amides is 1. The predicted molar refractivity (Wildman–Crippen MR) is 99.2 cm³/mol. The molecule has 1 aliphatic heterocycles. The van der Waals surface area contributed by atoms with Crippen LogP contribution < -0.4 is 16.0 Å². The monoisotopic (exact) mass is 331 g/mol. The number of hydrogen-bond donors (Lipinski definition) is 2. The van der Waals surface area contributed by atoms with E-state index in [9.17, 15) is 4.79 Å². The van der Waals surface area contributed by atoms with E-state index in [0.29, 0.717) is 18.9 Å². The Kier molecular flexibility index (Phi) is 6.06. The van der Waals surface area contributed by atoms with Crippen LogP contribution in [0.25, 0.3) is 0 Å². The van der Waals surface area contributed by atoms with Crippen LogP contribution in [-0.2, 0) is 4.79 Å². The third kappa shape index (κ3) is 5.76. The van der Waals surface area contributed by atoms with Crippen LogP contribution >= 0.6 is 0 Å². The minimum Gasteiger partial charge on any atom is -0.370 e. The smallest absolute Gasteiger partial charge is 0.224 e. The van der Waals surface area contributed by atoms with E-state index in [1.54, 1.807) is 0 Å². The highest BCUT2D eigenvalue weighted by atomic mass is 16.2. The number of aliphatic imine (C=N–C) groups is 1. The maximum atomic E-state index is 12.3. The summed E-state index contributed by atoms with van der Waals surface area (Å²) >= 11 is 0. The van der Waals surface area contributed by atoms with Crippen LogP contribution in [0, 0.1) is 0 Å². The largest absolute Gasteiger partial charge is 0.370 e. The molecular weight excluding hydrogens is 302 g/mol. The highest BCUT2D eigenvalue weighted by Gasteiger charge is 2.20. The SMILES string of the molecule is CC(C)(C)NC(N)=NCCC(=O)N1CCN(c2ccccc2)CC1. The highest BCUT2D eigenvalue weighted by molar-refractivity contribution is 5.80.